The van der Waals surface area contributed by atoms with Gasteiger partial charge in [-0.15, -0.1) is 0 Å². The van der Waals surface area contributed by atoms with Gasteiger partial charge in [-0.1, -0.05) is 0 Å². The van der Waals surface area contributed by atoms with Crippen LogP contribution in [0, 0.1) is 5.82 Å². The van der Waals surface area contributed by atoms with E-state index in [1.54, 1.807) is 10.7 Å². The van der Waals surface area contributed by atoms with E-state index in [1.165, 1.54) is 12.4 Å². The smallest absolute Gasteiger partial charge is 0.267 e. The summed E-state index contributed by atoms with van der Waals surface area (Å²) in [5.41, 5.74) is 2.22. The van der Waals surface area contributed by atoms with Gasteiger partial charge < -0.3 is 4.90 Å². The zero-order valence-corrected chi connectivity index (χ0v) is 13.5. The first-order chi connectivity index (χ1) is 11.7. The molecule has 24 heavy (non-hydrogen) atoms. The van der Waals surface area contributed by atoms with E-state index in [-0.39, 0.29) is 11.6 Å². The van der Waals surface area contributed by atoms with Gasteiger partial charge in [0.25, 0.3) is 5.56 Å². The largest absolute Gasteiger partial charge is 0.341 e. The van der Waals surface area contributed by atoms with Crippen molar-refractivity contribution in [3.8, 4) is 0 Å². The fourth-order valence-corrected chi connectivity index (χ4v) is 3.62. The Hall–Kier alpha value is -2.31. The van der Waals surface area contributed by atoms with Gasteiger partial charge in [0.1, 0.15) is 0 Å². The molecule has 0 spiro atoms. The summed E-state index contributed by atoms with van der Waals surface area (Å²) in [6.07, 6.45) is 8.23. The van der Waals surface area contributed by atoms with Crippen molar-refractivity contribution in [3.63, 3.8) is 0 Å². The summed E-state index contributed by atoms with van der Waals surface area (Å²) in [5, 5.41) is 4.65. The summed E-state index contributed by atoms with van der Waals surface area (Å²) < 4.78 is 14.6. The molecule has 0 amide bonds. The number of aromatic nitrogens is 4. The van der Waals surface area contributed by atoms with Crippen LogP contribution in [0.25, 0.3) is 0 Å². The first-order valence-electron chi connectivity index (χ1n) is 8.55. The number of aryl methyl sites for hydroxylation is 2. The molecule has 0 aromatic carbocycles. The van der Waals surface area contributed by atoms with Crippen LogP contribution in [0.5, 0.6) is 0 Å². The van der Waals surface area contributed by atoms with Gasteiger partial charge in [-0.3, -0.25) is 4.79 Å². The lowest BCUT2D eigenvalue weighted by atomic mass is 9.97. The molecule has 6 nitrogen and oxygen atoms in total. The molecule has 1 aliphatic carbocycles. The quantitative estimate of drug-likeness (QED) is 0.842. The standard InChI is InChI=1S/C17H20FN5O/c18-13-10-19-17(20-11-13)22-7-5-14(6-8-22)23-16(24)9-12-3-1-2-4-15(12)21-23/h9-11,14H,1-8H2. The number of halogens is 1. The molecule has 2 aliphatic rings. The molecule has 0 radical (unpaired) electrons. The molecular weight excluding hydrogens is 309 g/mol. The van der Waals surface area contributed by atoms with Crippen molar-refractivity contribution >= 4 is 5.95 Å². The fourth-order valence-electron chi connectivity index (χ4n) is 3.62. The van der Waals surface area contributed by atoms with Crippen LogP contribution in [0.1, 0.15) is 43.0 Å². The highest BCUT2D eigenvalue weighted by Crippen LogP contribution is 2.24. The van der Waals surface area contributed by atoms with Crippen LogP contribution >= 0.6 is 0 Å². The lowest BCUT2D eigenvalue weighted by Crippen LogP contribution is -2.39. The number of nitrogens with zero attached hydrogens (tertiary/aromatic N) is 5. The van der Waals surface area contributed by atoms with E-state index >= 15 is 0 Å². The molecule has 3 heterocycles. The first kappa shape index (κ1) is 15.2. The molecule has 7 heteroatoms. The molecule has 1 aliphatic heterocycles. The first-order valence-corrected chi connectivity index (χ1v) is 8.55. The van der Waals surface area contributed by atoms with Crippen molar-refractivity contribution in [1.29, 1.82) is 0 Å². The van der Waals surface area contributed by atoms with Gasteiger partial charge in [0.05, 0.1) is 24.1 Å². The van der Waals surface area contributed by atoms with E-state index in [0.29, 0.717) is 5.95 Å². The van der Waals surface area contributed by atoms with Crippen molar-refractivity contribution < 1.29 is 4.39 Å². The maximum absolute atomic E-state index is 12.9. The maximum Gasteiger partial charge on any atom is 0.267 e. The summed E-state index contributed by atoms with van der Waals surface area (Å²) in [4.78, 5) is 22.5. The summed E-state index contributed by atoms with van der Waals surface area (Å²) in [7, 11) is 0. The monoisotopic (exact) mass is 329 g/mol. The van der Waals surface area contributed by atoms with Crippen LogP contribution in [0.2, 0.25) is 0 Å². The molecule has 2 aromatic heterocycles. The van der Waals surface area contributed by atoms with Crippen LogP contribution in [0.15, 0.2) is 23.3 Å². The molecule has 126 valence electrons. The van der Waals surface area contributed by atoms with E-state index in [2.05, 4.69) is 15.1 Å². The van der Waals surface area contributed by atoms with Gasteiger partial charge in [-0.25, -0.2) is 19.0 Å². The molecule has 2 aromatic rings. The van der Waals surface area contributed by atoms with Gasteiger partial charge in [0, 0.05) is 19.2 Å². The third kappa shape index (κ3) is 2.90. The van der Waals surface area contributed by atoms with E-state index in [1.807, 2.05) is 4.90 Å². The normalized spacial score (nSPS) is 18.5. The maximum atomic E-state index is 12.9. The minimum atomic E-state index is -0.432. The lowest BCUT2D eigenvalue weighted by molar-refractivity contribution is 0.345. The zero-order chi connectivity index (χ0) is 16.5. The highest BCUT2D eigenvalue weighted by atomic mass is 19.1. The molecule has 0 N–H and O–H groups in total. The van der Waals surface area contributed by atoms with Crippen LogP contribution in [0.3, 0.4) is 0 Å². The van der Waals surface area contributed by atoms with Crippen molar-refractivity contribution in [2.24, 2.45) is 0 Å². The van der Waals surface area contributed by atoms with Crippen molar-refractivity contribution in [2.45, 2.75) is 44.6 Å². The van der Waals surface area contributed by atoms with Crippen LogP contribution in [-0.2, 0) is 12.8 Å². The van der Waals surface area contributed by atoms with E-state index < -0.39 is 5.82 Å². The van der Waals surface area contributed by atoms with E-state index in [0.717, 1.165) is 62.9 Å². The third-order valence-electron chi connectivity index (χ3n) is 4.93. The van der Waals surface area contributed by atoms with Gasteiger partial charge >= 0.3 is 0 Å². The SMILES string of the molecule is O=c1cc2c(nn1C1CCN(c3ncc(F)cn3)CC1)CCCC2. The average molecular weight is 329 g/mol. The summed E-state index contributed by atoms with van der Waals surface area (Å²) in [5.74, 6) is 0.110. The van der Waals surface area contributed by atoms with Gasteiger partial charge in [-0.2, -0.15) is 5.10 Å². The zero-order valence-electron chi connectivity index (χ0n) is 13.5. The van der Waals surface area contributed by atoms with Gasteiger partial charge in [-0.05, 0) is 44.1 Å². The molecular formula is C17H20FN5O. The Morgan fingerprint density at radius 1 is 1.08 bits per heavy atom. The highest BCUT2D eigenvalue weighted by molar-refractivity contribution is 5.29. The number of fused-ring (bicyclic) bond motifs is 1. The highest BCUT2D eigenvalue weighted by Gasteiger charge is 2.25. The van der Waals surface area contributed by atoms with Crippen molar-refractivity contribution in [1.82, 2.24) is 19.7 Å². The fraction of sp³-hybridized carbons (Fsp3) is 0.529. The summed E-state index contributed by atoms with van der Waals surface area (Å²) in [6.45, 7) is 1.48. The number of hydrogen-bond acceptors (Lipinski definition) is 5. The second-order valence-electron chi connectivity index (χ2n) is 6.53. The van der Waals surface area contributed by atoms with Crippen LogP contribution < -0.4 is 10.5 Å². The third-order valence-corrected chi connectivity index (χ3v) is 4.93. The average Bonchev–Trinajstić information content (AvgIpc) is 2.62. The Morgan fingerprint density at radius 2 is 1.79 bits per heavy atom. The van der Waals surface area contributed by atoms with Crippen LogP contribution in [0.4, 0.5) is 10.3 Å². The Labute approximate surface area is 139 Å². The Bertz CT molecular complexity index is 781. The predicted octanol–water partition coefficient (Wildman–Crippen LogP) is 1.89. The van der Waals surface area contributed by atoms with Crippen molar-refractivity contribution in [2.75, 3.05) is 18.0 Å². The molecule has 0 bridgehead atoms. The molecule has 0 atom stereocenters. The number of anilines is 1. The molecule has 4 rings (SSSR count). The predicted molar refractivity (Wildman–Crippen MR) is 87.6 cm³/mol. The summed E-state index contributed by atoms with van der Waals surface area (Å²) in [6, 6.07) is 1.89. The minimum absolute atomic E-state index is 0.00660. The van der Waals surface area contributed by atoms with E-state index in [4.69, 9.17) is 0 Å². The molecule has 1 fully saturated rings. The van der Waals surface area contributed by atoms with Crippen LogP contribution in [-0.4, -0.2) is 32.8 Å². The second kappa shape index (κ2) is 6.30. The van der Waals surface area contributed by atoms with Gasteiger partial charge in [0.2, 0.25) is 5.95 Å². The Morgan fingerprint density at radius 3 is 2.54 bits per heavy atom. The topological polar surface area (TPSA) is 63.9 Å². The molecule has 0 unspecified atom stereocenters. The molecule has 0 saturated carbocycles. The lowest BCUT2D eigenvalue weighted by Gasteiger charge is -2.32. The molecule has 1 saturated heterocycles. The second-order valence-corrected chi connectivity index (χ2v) is 6.53. The number of piperidine rings is 1. The van der Waals surface area contributed by atoms with Gasteiger partial charge in [0.15, 0.2) is 5.82 Å². The Kier molecular flexibility index (Phi) is 4.00. The van der Waals surface area contributed by atoms with Crippen molar-refractivity contribution in [3.05, 3.63) is 45.9 Å². The minimum Gasteiger partial charge on any atom is -0.341 e. The van der Waals surface area contributed by atoms with E-state index in [9.17, 15) is 9.18 Å². The Balaban J connectivity index is 1.49. The summed E-state index contributed by atoms with van der Waals surface area (Å²) >= 11 is 0. The number of hydrogen-bond donors (Lipinski definition) is 0. The number of rotatable bonds is 2.